The molecule has 0 aliphatic carbocycles. The van der Waals surface area contributed by atoms with Crippen molar-refractivity contribution in [2.75, 3.05) is 20.1 Å². The second kappa shape index (κ2) is 6.50. The van der Waals surface area contributed by atoms with Crippen LogP contribution in [-0.2, 0) is 17.9 Å². The molecule has 1 fully saturated rings. The van der Waals surface area contributed by atoms with E-state index in [0.717, 1.165) is 24.2 Å². The molecule has 1 saturated heterocycles. The number of hydrogen-bond donors (Lipinski definition) is 0. The number of carbonyl (C=O) groups excluding carboxylic acids is 1. The molecule has 5 nitrogen and oxygen atoms in total. The van der Waals surface area contributed by atoms with Crippen molar-refractivity contribution >= 4 is 5.91 Å². The number of aromatic nitrogens is 2. The molecule has 0 spiro atoms. The minimum atomic E-state index is -0.233. The number of piperazine rings is 1. The van der Waals surface area contributed by atoms with Gasteiger partial charge in [-0.15, -0.1) is 0 Å². The number of amides is 1. The maximum absolute atomic E-state index is 12.9. The Morgan fingerprint density at radius 1 is 1.17 bits per heavy atom. The number of hydrogen-bond acceptors (Lipinski definition) is 3. The van der Waals surface area contributed by atoms with Gasteiger partial charge in [0.2, 0.25) is 5.91 Å². The lowest BCUT2D eigenvalue weighted by Gasteiger charge is -2.37. The van der Waals surface area contributed by atoms with E-state index in [1.54, 1.807) is 17.0 Å². The Balaban J connectivity index is 1.63. The highest BCUT2D eigenvalue weighted by Crippen LogP contribution is 2.14. The molecule has 2 heterocycles. The Hall–Kier alpha value is -2.21. The van der Waals surface area contributed by atoms with Crippen LogP contribution in [0.4, 0.5) is 4.39 Å². The lowest BCUT2D eigenvalue weighted by Crippen LogP contribution is -2.53. The lowest BCUT2D eigenvalue weighted by atomic mass is 10.1. The minimum Gasteiger partial charge on any atom is -0.343 e. The zero-order valence-corrected chi connectivity index (χ0v) is 13.4. The third-order valence-electron chi connectivity index (χ3n) is 4.33. The minimum absolute atomic E-state index is 0.103. The van der Waals surface area contributed by atoms with Crippen molar-refractivity contribution in [1.82, 2.24) is 19.6 Å². The predicted octanol–water partition coefficient (Wildman–Crippen LogP) is 1.73. The third kappa shape index (κ3) is 3.59. The number of benzene rings is 1. The summed E-state index contributed by atoms with van der Waals surface area (Å²) in [5.41, 5.74) is 2.08. The van der Waals surface area contributed by atoms with Crippen molar-refractivity contribution in [3.05, 3.63) is 53.6 Å². The Morgan fingerprint density at radius 3 is 2.65 bits per heavy atom. The summed E-state index contributed by atoms with van der Waals surface area (Å²) in [4.78, 5) is 16.0. The SMILES string of the molecule is CC1C(=O)N(C)CCN1Cc1cnn(Cc2ccc(F)cc2)c1. The van der Waals surface area contributed by atoms with Gasteiger partial charge in [-0.3, -0.25) is 14.4 Å². The van der Waals surface area contributed by atoms with E-state index in [0.29, 0.717) is 13.1 Å². The van der Waals surface area contributed by atoms with Gasteiger partial charge in [0.1, 0.15) is 5.82 Å². The number of nitrogens with zero attached hydrogens (tertiary/aromatic N) is 4. The maximum atomic E-state index is 12.9. The molecule has 122 valence electrons. The van der Waals surface area contributed by atoms with Crippen LogP contribution in [0.1, 0.15) is 18.1 Å². The highest BCUT2D eigenvalue weighted by atomic mass is 19.1. The molecular weight excluding hydrogens is 295 g/mol. The zero-order valence-electron chi connectivity index (χ0n) is 13.4. The summed E-state index contributed by atoms with van der Waals surface area (Å²) >= 11 is 0. The number of carbonyl (C=O) groups is 1. The number of rotatable bonds is 4. The standard InChI is InChI=1S/C17H21FN4O/c1-13-17(23)20(2)7-8-21(13)10-15-9-19-22(12-15)11-14-3-5-16(18)6-4-14/h3-6,9,12-13H,7-8,10-11H2,1-2H3. The van der Waals surface area contributed by atoms with Gasteiger partial charge >= 0.3 is 0 Å². The molecule has 0 saturated carbocycles. The van der Waals surface area contributed by atoms with Crippen LogP contribution in [0.5, 0.6) is 0 Å². The molecule has 0 bridgehead atoms. The molecule has 1 aliphatic heterocycles. The Labute approximate surface area is 135 Å². The van der Waals surface area contributed by atoms with Crippen molar-refractivity contribution in [2.45, 2.75) is 26.1 Å². The van der Waals surface area contributed by atoms with E-state index >= 15 is 0 Å². The number of likely N-dealkylation sites (N-methyl/N-ethyl adjacent to an activating group) is 1. The largest absolute Gasteiger partial charge is 0.343 e. The summed E-state index contributed by atoms with van der Waals surface area (Å²) in [5, 5.41) is 4.36. The highest BCUT2D eigenvalue weighted by Gasteiger charge is 2.29. The van der Waals surface area contributed by atoms with Crippen LogP contribution in [0, 0.1) is 5.82 Å². The molecule has 2 aromatic rings. The first-order valence-electron chi connectivity index (χ1n) is 7.78. The first kappa shape index (κ1) is 15.7. The van der Waals surface area contributed by atoms with Crippen molar-refractivity contribution < 1.29 is 9.18 Å². The second-order valence-corrected chi connectivity index (χ2v) is 6.08. The predicted molar refractivity (Wildman–Crippen MR) is 85.2 cm³/mol. The van der Waals surface area contributed by atoms with E-state index in [1.807, 2.05) is 31.0 Å². The van der Waals surface area contributed by atoms with Gasteiger partial charge in [0.15, 0.2) is 0 Å². The van der Waals surface area contributed by atoms with Crippen LogP contribution in [0.25, 0.3) is 0 Å². The van der Waals surface area contributed by atoms with Crippen LogP contribution < -0.4 is 0 Å². The van der Waals surface area contributed by atoms with Crippen molar-refractivity contribution in [1.29, 1.82) is 0 Å². The monoisotopic (exact) mass is 316 g/mol. The van der Waals surface area contributed by atoms with Crippen LogP contribution in [0.15, 0.2) is 36.7 Å². The fourth-order valence-electron chi connectivity index (χ4n) is 2.86. The molecular formula is C17H21FN4O. The van der Waals surface area contributed by atoms with Gasteiger partial charge in [-0.2, -0.15) is 5.10 Å². The maximum Gasteiger partial charge on any atom is 0.239 e. The van der Waals surface area contributed by atoms with Gasteiger partial charge in [-0.05, 0) is 24.6 Å². The van der Waals surface area contributed by atoms with Crippen molar-refractivity contribution in [3.8, 4) is 0 Å². The molecule has 1 aromatic carbocycles. The van der Waals surface area contributed by atoms with Gasteiger partial charge in [-0.25, -0.2) is 4.39 Å². The van der Waals surface area contributed by atoms with E-state index in [-0.39, 0.29) is 17.8 Å². The normalized spacial score (nSPS) is 19.3. The van der Waals surface area contributed by atoms with Gasteiger partial charge < -0.3 is 4.90 Å². The van der Waals surface area contributed by atoms with Crippen LogP contribution >= 0.6 is 0 Å². The van der Waals surface area contributed by atoms with Gasteiger partial charge in [-0.1, -0.05) is 12.1 Å². The molecule has 1 aromatic heterocycles. The van der Waals surface area contributed by atoms with Crippen molar-refractivity contribution in [2.24, 2.45) is 0 Å². The van der Waals surface area contributed by atoms with E-state index in [9.17, 15) is 9.18 Å². The molecule has 0 N–H and O–H groups in total. The first-order chi connectivity index (χ1) is 11.0. The summed E-state index contributed by atoms with van der Waals surface area (Å²) < 4.78 is 14.8. The van der Waals surface area contributed by atoms with Crippen LogP contribution in [0.2, 0.25) is 0 Å². The summed E-state index contributed by atoms with van der Waals surface area (Å²) in [6.45, 7) is 4.89. The average molecular weight is 316 g/mol. The van der Waals surface area contributed by atoms with E-state index in [4.69, 9.17) is 0 Å². The molecule has 23 heavy (non-hydrogen) atoms. The molecule has 6 heteroatoms. The molecule has 1 unspecified atom stereocenters. The molecule has 3 rings (SSSR count). The van der Waals surface area contributed by atoms with Crippen LogP contribution in [-0.4, -0.2) is 51.7 Å². The first-order valence-corrected chi connectivity index (χ1v) is 7.78. The van der Waals surface area contributed by atoms with Gasteiger partial charge in [0.25, 0.3) is 0 Å². The Kier molecular flexibility index (Phi) is 4.43. The quantitative estimate of drug-likeness (QED) is 0.863. The van der Waals surface area contributed by atoms with E-state index < -0.39 is 0 Å². The molecule has 1 atom stereocenters. The fourth-order valence-corrected chi connectivity index (χ4v) is 2.86. The molecule has 0 radical (unpaired) electrons. The zero-order chi connectivity index (χ0) is 16.4. The fraction of sp³-hybridized carbons (Fsp3) is 0.412. The van der Waals surface area contributed by atoms with E-state index in [1.165, 1.54) is 12.1 Å². The Bertz CT molecular complexity index is 682. The van der Waals surface area contributed by atoms with Gasteiger partial charge in [0, 0.05) is 38.4 Å². The van der Waals surface area contributed by atoms with E-state index in [2.05, 4.69) is 10.00 Å². The summed E-state index contributed by atoms with van der Waals surface area (Å²) in [7, 11) is 1.84. The van der Waals surface area contributed by atoms with Gasteiger partial charge in [0.05, 0.1) is 18.8 Å². The second-order valence-electron chi connectivity index (χ2n) is 6.08. The lowest BCUT2D eigenvalue weighted by molar-refractivity contribution is -0.139. The van der Waals surface area contributed by atoms with Crippen LogP contribution in [0.3, 0.4) is 0 Å². The molecule has 1 amide bonds. The topological polar surface area (TPSA) is 41.4 Å². The summed E-state index contributed by atoms with van der Waals surface area (Å²) in [6, 6.07) is 6.33. The summed E-state index contributed by atoms with van der Waals surface area (Å²) in [5.74, 6) is -0.0708. The summed E-state index contributed by atoms with van der Waals surface area (Å²) in [6.07, 6.45) is 3.82. The smallest absolute Gasteiger partial charge is 0.239 e. The van der Waals surface area contributed by atoms with Crippen molar-refractivity contribution in [3.63, 3.8) is 0 Å². The average Bonchev–Trinajstić information content (AvgIpc) is 2.97. The molecule has 1 aliphatic rings. The Morgan fingerprint density at radius 2 is 1.91 bits per heavy atom. The highest BCUT2D eigenvalue weighted by molar-refractivity contribution is 5.81. The third-order valence-corrected chi connectivity index (χ3v) is 4.33. The number of halogens is 1.